The molecule has 0 aliphatic carbocycles. The average molecular weight is 400 g/mol. The molecule has 142 valence electrons. The Morgan fingerprint density at radius 3 is 2.86 bits per heavy atom. The fourth-order valence-electron chi connectivity index (χ4n) is 3.24. The van der Waals surface area contributed by atoms with Gasteiger partial charge in [-0.25, -0.2) is 4.98 Å². The Morgan fingerprint density at radius 2 is 1.90 bits per heavy atom. The van der Waals surface area contributed by atoms with Crippen molar-refractivity contribution in [3.8, 4) is 22.8 Å². The molecule has 1 amide bonds. The predicted octanol–water partition coefficient (Wildman–Crippen LogP) is 5.34. The van der Waals surface area contributed by atoms with Crippen molar-refractivity contribution >= 4 is 39.2 Å². The van der Waals surface area contributed by atoms with Crippen molar-refractivity contribution in [3.63, 3.8) is 0 Å². The van der Waals surface area contributed by atoms with Gasteiger partial charge in [-0.3, -0.25) is 10.1 Å². The van der Waals surface area contributed by atoms with E-state index >= 15 is 0 Å². The first-order valence-corrected chi connectivity index (χ1v) is 9.97. The topological polar surface area (TPSA) is 60.5 Å². The van der Waals surface area contributed by atoms with Crippen molar-refractivity contribution in [2.75, 3.05) is 12.1 Å². The van der Waals surface area contributed by atoms with E-state index in [9.17, 15) is 4.79 Å². The number of carbonyl (C=O) groups excluding carboxylic acids is 1. The number of benzene rings is 3. The minimum Gasteiger partial charge on any atom is -0.454 e. The molecule has 0 saturated heterocycles. The Morgan fingerprint density at radius 1 is 1.03 bits per heavy atom. The highest BCUT2D eigenvalue weighted by molar-refractivity contribution is 7.14. The molecule has 5 nitrogen and oxygen atoms in total. The van der Waals surface area contributed by atoms with Gasteiger partial charge in [-0.1, -0.05) is 48.5 Å². The molecular weight excluding hydrogens is 384 g/mol. The van der Waals surface area contributed by atoms with Crippen LogP contribution >= 0.6 is 11.3 Å². The molecule has 1 aromatic heterocycles. The second-order valence-electron chi connectivity index (χ2n) is 6.50. The number of nitrogens with zero attached hydrogens (tertiary/aromatic N) is 1. The van der Waals surface area contributed by atoms with Crippen LogP contribution in [0.1, 0.15) is 5.56 Å². The highest BCUT2D eigenvalue weighted by atomic mass is 32.1. The van der Waals surface area contributed by atoms with E-state index in [0.29, 0.717) is 10.9 Å². The molecule has 4 aromatic rings. The summed E-state index contributed by atoms with van der Waals surface area (Å²) in [6.07, 6.45) is 3.22. The van der Waals surface area contributed by atoms with Crippen LogP contribution in [0.5, 0.6) is 11.5 Å². The lowest BCUT2D eigenvalue weighted by Gasteiger charge is -2.03. The van der Waals surface area contributed by atoms with Crippen molar-refractivity contribution in [1.82, 2.24) is 4.98 Å². The van der Waals surface area contributed by atoms with Crippen molar-refractivity contribution in [1.29, 1.82) is 0 Å². The van der Waals surface area contributed by atoms with E-state index in [-0.39, 0.29) is 12.7 Å². The van der Waals surface area contributed by atoms with Gasteiger partial charge in [-0.15, -0.1) is 11.3 Å². The number of hydrogen-bond donors (Lipinski definition) is 1. The number of rotatable bonds is 4. The summed E-state index contributed by atoms with van der Waals surface area (Å²) in [5.41, 5.74) is 2.76. The molecule has 2 heterocycles. The van der Waals surface area contributed by atoms with Crippen LogP contribution in [0.15, 0.2) is 72.1 Å². The molecule has 1 N–H and O–H groups in total. The Balaban J connectivity index is 1.31. The van der Waals surface area contributed by atoms with Crippen molar-refractivity contribution in [3.05, 3.63) is 77.7 Å². The van der Waals surface area contributed by atoms with Crippen LogP contribution in [0, 0.1) is 0 Å². The predicted molar refractivity (Wildman–Crippen MR) is 115 cm³/mol. The van der Waals surface area contributed by atoms with Gasteiger partial charge < -0.3 is 9.47 Å². The average Bonchev–Trinajstić information content (AvgIpc) is 3.41. The van der Waals surface area contributed by atoms with Crippen LogP contribution < -0.4 is 14.8 Å². The van der Waals surface area contributed by atoms with Gasteiger partial charge in [0.05, 0.1) is 5.69 Å². The summed E-state index contributed by atoms with van der Waals surface area (Å²) in [5.74, 6) is 1.17. The van der Waals surface area contributed by atoms with Gasteiger partial charge in [0.15, 0.2) is 16.6 Å². The molecule has 0 atom stereocenters. The quantitative estimate of drug-likeness (QED) is 0.470. The standard InChI is InChI=1S/C23H16N2O3S/c26-22(11-9-15-8-10-20-21(12-15)28-14-27-20)25-23-24-19(13-29-23)18-7-3-5-16-4-1-2-6-17(16)18/h1-13H,14H2,(H,24,25,26)/b11-9+. The Hall–Kier alpha value is -3.64. The molecule has 0 bridgehead atoms. The first-order chi connectivity index (χ1) is 14.3. The third kappa shape index (κ3) is 3.58. The fourth-order valence-corrected chi connectivity index (χ4v) is 3.95. The summed E-state index contributed by atoms with van der Waals surface area (Å²) in [5, 5.41) is 7.65. The van der Waals surface area contributed by atoms with Gasteiger partial charge in [0, 0.05) is 17.0 Å². The molecule has 0 saturated carbocycles. The summed E-state index contributed by atoms with van der Waals surface area (Å²) >= 11 is 1.41. The van der Waals surface area contributed by atoms with Gasteiger partial charge in [0.25, 0.3) is 0 Å². The summed E-state index contributed by atoms with van der Waals surface area (Å²) in [7, 11) is 0. The number of thiazole rings is 1. The zero-order valence-electron chi connectivity index (χ0n) is 15.3. The third-order valence-corrected chi connectivity index (χ3v) is 5.38. The lowest BCUT2D eigenvalue weighted by Crippen LogP contribution is -2.07. The molecule has 6 heteroatoms. The van der Waals surface area contributed by atoms with Crippen LogP contribution in [0.3, 0.4) is 0 Å². The summed E-state index contributed by atoms with van der Waals surface area (Å²) < 4.78 is 10.6. The summed E-state index contributed by atoms with van der Waals surface area (Å²) in [6, 6.07) is 19.9. The fraction of sp³-hybridized carbons (Fsp3) is 0.0435. The number of nitrogens with one attached hydrogen (secondary N) is 1. The van der Waals surface area contributed by atoms with E-state index in [2.05, 4.69) is 28.5 Å². The number of fused-ring (bicyclic) bond motifs is 2. The molecule has 3 aromatic carbocycles. The lowest BCUT2D eigenvalue weighted by atomic mass is 10.0. The normalized spacial score (nSPS) is 12.6. The number of anilines is 1. The SMILES string of the molecule is O=C(/C=C/c1ccc2c(c1)OCO2)Nc1nc(-c2cccc3ccccc23)cs1. The van der Waals surface area contributed by atoms with Crippen LogP contribution in [0.2, 0.25) is 0 Å². The zero-order chi connectivity index (χ0) is 19.6. The van der Waals surface area contributed by atoms with Crippen LogP contribution in [-0.2, 0) is 4.79 Å². The molecule has 0 spiro atoms. The van der Waals surface area contributed by atoms with E-state index in [1.54, 1.807) is 6.08 Å². The van der Waals surface area contributed by atoms with Crippen LogP contribution in [0.25, 0.3) is 28.1 Å². The van der Waals surface area contributed by atoms with Crippen molar-refractivity contribution < 1.29 is 14.3 Å². The molecule has 1 aliphatic heterocycles. The first-order valence-electron chi connectivity index (χ1n) is 9.09. The van der Waals surface area contributed by atoms with E-state index in [4.69, 9.17) is 9.47 Å². The van der Waals surface area contributed by atoms with E-state index in [1.165, 1.54) is 17.4 Å². The smallest absolute Gasteiger partial charge is 0.250 e. The second-order valence-corrected chi connectivity index (χ2v) is 7.36. The zero-order valence-corrected chi connectivity index (χ0v) is 16.1. The Labute approximate surface area is 171 Å². The maximum atomic E-state index is 12.3. The summed E-state index contributed by atoms with van der Waals surface area (Å²) in [6.45, 7) is 0.228. The van der Waals surface area contributed by atoms with E-state index in [0.717, 1.165) is 33.3 Å². The largest absolute Gasteiger partial charge is 0.454 e. The number of aromatic nitrogens is 1. The van der Waals surface area contributed by atoms with Crippen LogP contribution in [0.4, 0.5) is 5.13 Å². The van der Waals surface area contributed by atoms with Gasteiger partial charge in [-0.2, -0.15) is 0 Å². The van der Waals surface area contributed by atoms with Gasteiger partial charge in [-0.05, 0) is 34.5 Å². The van der Waals surface area contributed by atoms with Gasteiger partial charge >= 0.3 is 0 Å². The molecule has 29 heavy (non-hydrogen) atoms. The molecular formula is C23H16N2O3S. The molecule has 0 unspecified atom stereocenters. The molecule has 0 radical (unpaired) electrons. The number of hydrogen-bond acceptors (Lipinski definition) is 5. The van der Waals surface area contributed by atoms with E-state index < -0.39 is 0 Å². The maximum Gasteiger partial charge on any atom is 0.250 e. The molecule has 5 rings (SSSR count). The van der Waals surface area contributed by atoms with Crippen molar-refractivity contribution in [2.24, 2.45) is 0 Å². The second kappa shape index (κ2) is 7.41. The van der Waals surface area contributed by atoms with Gasteiger partial charge in [0.2, 0.25) is 12.7 Å². The Kier molecular flexibility index (Phi) is 4.46. The highest BCUT2D eigenvalue weighted by Crippen LogP contribution is 2.33. The van der Waals surface area contributed by atoms with E-state index in [1.807, 2.05) is 47.8 Å². The first kappa shape index (κ1) is 17.5. The summed E-state index contributed by atoms with van der Waals surface area (Å²) in [4.78, 5) is 16.9. The highest BCUT2D eigenvalue weighted by Gasteiger charge is 2.13. The number of ether oxygens (including phenoxy) is 2. The maximum absolute atomic E-state index is 12.3. The Bertz CT molecular complexity index is 1240. The third-order valence-electron chi connectivity index (χ3n) is 4.62. The van der Waals surface area contributed by atoms with Crippen LogP contribution in [-0.4, -0.2) is 17.7 Å². The van der Waals surface area contributed by atoms with Crippen molar-refractivity contribution in [2.45, 2.75) is 0 Å². The minimum absolute atomic E-state index is 0.228. The minimum atomic E-state index is -0.235. The lowest BCUT2D eigenvalue weighted by molar-refractivity contribution is -0.111. The number of carbonyl (C=O) groups is 1. The molecule has 0 fully saturated rings. The molecule has 1 aliphatic rings. The number of amides is 1. The monoisotopic (exact) mass is 400 g/mol. The van der Waals surface area contributed by atoms with Gasteiger partial charge in [0.1, 0.15) is 0 Å².